The van der Waals surface area contributed by atoms with Gasteiger partial charge in [0, 0.05) is 19.5 Å². The van der Waals surface area contributed by atoms with Gasteiger partial charge >= 0.3 is 6.18 Å². The molecule has 0 heterocycles. The van der Waals surface area contributed by atoms with E-state index in [1.54, 1.807) is 18.0 Å². The number of rotatable bonds is 7. The smallest absolute Gasteiger partial charge is 0.350 e. The van der Waals surface area contributed by atoms with Crippen molar-refractivity contribution in [1.82, 2.24) is 10.2 Å². The van der Waals surface area contributed by atoms with Crippen LogP contribution in [0.4, 0.5) is 13.2 Å². The van der Waals surface area contributed by atoms with Gasteiger partial charge in [-0.15, -0.1) is 0 Å². The van der Waals surface area contributed by atoms with Gasteiger partial charge in [-0.3, -0.25) is 4.79 Å². The van der Waals surface area contributed by atoms with Crippen molar-refractivity contribution in [3.63, 3.8) is 0 Å². The van der Waals surface area contributed by atoms with Crippen LogP contribution in [0.1, 0.15) is 36.1 Å². The summed E-state index contributed by atoms with van der Waals surface area (Å²) in [5.41, 5.74) is 0.586. The maximum Gasteiger partial charge on any atom is 0.416 e. The molecule has 6 heteroatoms. The highest BCUT2D eigenvalue weighted by atomic mass is 19.4. The number of carbonyl (C=O) groups is 1. The van der Waals surface area contributed by atoms with Crippen molar-refractivity contribution >= 4 is 5.91 Å². The predicted molar refractivity (Wildman–Crippen MR) is 95.4 cm³/mol. The van der Waals surface area contributed by atoms with E-state index in [0.29, 0.717) is 6.54 Å². The minimum absolute atomic E-state index is 0.111. The lowest BCUT2D eigenvalue weighted by atomic mass is 10.1. The lowest BCUT2D eigenvalue weighted by Gasteiger charge is -2.20. The summed E-state index contributed by atoms with van der Waals surface area (Å²) < 4.78 is 39.1. The van der Waals surface area contributed by atoms with Gasteiger partial charge in [0.25, 0.3) is 0 Å². The molecule has 2 rings (SSSR count). The molecular weight excluding hydrogens is 341 g/mol. The molecule has 1 unspecified atom stereocenters. The number of halogens is 3. The summed E-state index contributed by atoms with van der Waals surface area (Å²) in [6.45, 7) is 2.41. The third kappa shape index (κ3) is 5.88. The number of benzene rings is 2. The summed E-state index contributed by atoms with van der Waals surface area (Å²) in [7, 11) is 1.71. The number of alkyl halides is 3. The van der Waals surface area contributed by atoms with Gasteiger partial charge in [-0.25, -0.2) is 0 Å². The molecule has 1 N–H and O–H groups in total. The first-order valence-electron chi connectivity index (χ1n) is 8.45. The zero-order chi connectivity index (χ0) is 19.2. The summed E-state index contributed by atoms with van der Waals surface area (Å²) >= 11 is 0. The zero-order valence-corrected chi connectivity index (χ0v) is 14.9. The molecule has 0 aliphatic rings. The highest BCUT2D eigenvalue weighted by molar-refractivity contribution is 5.76. The molecular formula is C20H23F3N2O. The fourth-order valence-electron chi connectivity index (χ4n) is 2.74. The highest BCUT2D eigenvalue weighted by Gasteiger charge is 2.32. The zero-order valence-electron chi connectivity index (χ0n) is 14.9. The van der Waals surface area contributed by atoms with E-state index in [1.165, 1.54) is 12.1 Å². The lowest BCUT2D eigenvalue weighted by molar-refractivity contribution is -0.138. The van der Waals surface area contributed by atoms with Crippen LogP contribution in [0.25, 0.3) is 0 Å². The van der Waals surface area contributed by atoms with Crippen LogP contribution in [0.15, 0.2) is 54.6 Å². The first-order chi connectivity index (χ1) is 12.3. The normalized spacial score (nSPS) is 12.8. The standard InChI is InChI=1S/C20H23F3N2O/c1-15(16-8-4-3-5-9-16)24-19(26)12-13-25(2)14-17-10-6-7-11-18(17)20(21,22)23/h3-11,15H,12-14H2,1-2H3,(H,24,26). The topological polar surface area (TPSA) is 32.3 Å². The van der Waals surface area contributed by atoms with E-state index in [-0.39, 0.29) is 30.5 Å². The maximum atomic E-state index is 13.0. The van der Waals surface area contributed by atoms with Gasteiger partial charge in [-0.05, 0) is 31.2 Å². The second-order valence-corrected chi connectivity index (χ2v) is 6.34. The van der Waals surface area contributed by atoms with Crippen molar-refractivity contribution in [3.8, 4) is 0 Å². The van der Waals surface area contributed by atoms with Gasteiger partial charge in [0.2, 0.25) is 5.91 Å². The van der Waals surface area contributed by atoms with Crippen molar-refractivity contribution in [2.45, 2.75) is 32.1 Å². The molecule has 0 radical (unpaired) electrons. The molecule has 0 saturated carbocycles. The average Bonchev–Trinajstić information content (AvgIpc) is 2.60. The molecule has 140 valence electrons. The van der Waals surface area contributed by atoms with E-state index in [0.717, 1.165) is 11.6 Å². The van der Waals surface area contributed by atoms with Gasteiger partial charge < -0.3 is 10.2 Å². The molecule has 2 aromatic rings. The lowest BCUT2D eigenvalue weighted by Crippen LogP contribution is -2.30. The van der Waals surface area contributed by atoms with E-state index in [4.69, 9.17) is 0 Å². The molecule has 2 aromatic carbocycles. The Morgan fingerprint density at radius 1 is 1.08 bits per heavy atom. The molecule has 26 heavy (non-hydrogen) atoms. The maximum absolute atomic E-state index is 13.0. The van der Waals surface area contributed by atoms with Crippen molar-refractivity contribution in [3.05, 3.63) is 71.3 Å². The first-order valence-corrected chi connectivity index (χ1v) is 8.45. The van der Waals surface area contributed by atoms with Crippen LogP contribution in [-0.4, -0.2) is 24.4 Å². The molecule has 3 nitrogen and oxygen atoms in total. The Hall–Kier alpha value is -2.34. The summed E-state index contributed by atoms with van der Waals surface area (Å²) in [5.74, 6) is -0.127. The molecule has 0 fully saturated rings. The van der Waals surface area contributed by atoms with Crippen molar-refractivity contribution in [2.75, 3.05) is 13.6 Å². The van der Waals surface area contributed by atoms with E-state index < -0.39 is 11.7 Å². The first kappa shape index (κ1) is 20.0. The van der Waals surface area contributed by atoms with Crippen molar-refractivity contribution in [2.24, 2.45) is 0 Å². The number of hydrogen-bond donors (Lipinski definition) is 1. The number of amides is 1. The Kier molecular flexibility index (Phi) is 6.80. The van der Waals surface area contributed by atoms with E-state index in [1.807, 2.05) is 37.3 Å². The van der Waals surface area contributed by atoms with Gasteiger partial charge in [0.05, 0.1) is 11.6 Å². The molecule has 1 atom stereocenters. The Morgan fingerprint density at radius 3 is 2.35 bits per heavy atom. The third-order valence-electron chi connectivity index (χ3n) is 4.16. The van der Waals surface area contributed by atoms with Crippen LogP contribution in [-0.2, 0) is 17.5 Å². The van der Waals surface area contributed by atoms with Crippen LogP contribution in [0.3, 0.4) is 0 Å². The SMILES string of the molecule is CC(NC(=O)CCN(C)Cc1ccccc1C(F)(F)F)c1ccccc1. The number of nitrogens with zero attached hydrogens (tertiary/aromatic N) is 1. The monoisotopic (exact) mass is 364 g/mol. The third-order valence-corrected chi connectivity index (χ3v) is 4.16. The largest absolute Gasteiger partial charge is 0.416 e. The minimum atomic E-state index is -4.38. The Labute approximate surface area is 151 Å². The quantitative estimate of drug-likeness (QED) is 0.790. The second kappa shape index (κ2) is 8.85. The highest BCUT2D eigenvalue weighted by Crippen LogP contribution is 2.32. The van der Waals surface area contributed by atoms with Gasteiger partial charge in [-0.2, -0.15) is 13.2 Å². The predicted octanol–water partition coefficient (Wildman–Crippen LogP) is 4.40. The fourth-order valence-corrected chi connectivity index (χ4v) is 2.74. The van der Waals surface area contributed by atoms with Crippen LogP contribution >= 0.6 is 0 Å². The van der Waals surface area contributed by atoms with Gasteiger partial charge in [0.1, 0.15) is 0 Å². The van der Waals surface area contributed by atoms with Crippen molar-refractivity contribution in [1.29, 1.82) is 0 Å². The van der Waals surface area contributed by atoms with Crippen LogP contribution in [0.2, 0.25) is 0 Å². The van der Waals surface area contributed by atoms with Crippen LogP contribution in [0.5, 0.6) is 0 Å². The van der Waals surface area contributed by atoms with Crippen LogP contribution in [0, 0.1) is 0 Å². The molecule has 0 aliphatic heterocycles. The van der Waals surface area contributed by atoms with Crippen molar-refractivity contribution < 1.29 is 18.0 Å². The molecule has 0 aliphatic carbocycles. The second-order valence-electron chi connectivity index (χ2n) is 6.34. The van der Waals surface area contributed by atoms with E-state index in [2.05, 4.69) is 5.32 Å². The Bertz CT molecular complexity index is 716. The summed E-state index contributed by atoms with van der Waals surface area (Å²) in [6, 6.07) is 15.0. The van der Waals surface area contributed by atoms with Crippen LogP contribution < -0.4 is 5.32 Å². The molecule has 0 aromatic heterocycles. The minimum Gasteiger partial charge on any atom is -0.350 e. The van der Waals surface area contributed by atoms with E-state index >= 15 is 0 Å². The fraction of sp³-hybridized carbons (Fsp3) is 0.350. The Balaban J connectivity index is 1.85. The summed E-state index contributed by atoms with van der Waals surface area (Å²) in [4.78, 5) is 13.8. The molecule has 1 amide bonds. The average molecular weight is 364 g/mol. The number of nitrogens with one attached hydrogen (secondary N) is 1. The van der Waals surface area contributed by atoms with Gasteiger partial charge in [-0.1, -0.05) is 48.5 Å². The summed E-state index contributed by atoms with van der Waals surface area (Å²) in [5, 5.41) is 2.91. The van der Waals surface area contributed by atoms with E-state index in [9.17, 15) is 18.0 Å². The number of hydrogen-bond acceptors (Lipinski definition) is 2. The number of carbonyl (C=O) groups excluding carboxylic acids is 1. The molecule has 0 saturated heterocycles. The molecule has 0 bridgehead atoms. The molecule has 0 spiro atoms. The Morgan fingerprint density at radius 2 is 1.69 bits per heavy atom. The summed E-state index contributed by atoms with van der Waals surface area (Å²) in [6.07, 6.45) is -4.15. The van der Waals surface area contributed by atoms with Gasteiger partial charge in [0.15, 0.2) is 0 Å².